The van der Waals surface area contributed by atoms with Gasteiger partial charge in [-0.05, 0) is 36.4 Å². The molecule has 3 aromatic heterocycles. The number of rotatable bonds is 6. The smallest absolute Gasteiger partial charge is 0.246 e. The fraction of sp³-hybridized carbons (Fsp3) is 0.100. The lowest BCUT2D eigenvalue weighted by molar-refractivity contribution is 0.356. The third-order valence-electron chi connectivity index (χ3n) is 4.19. The van der Waals surface area contributed by atoms with Crippen molar-refractivity contribution in [3.63, 3.8) is 0 Å². The van der Waals surface area contributed by atoms with E-state index in [1.54, 1.807) is 54.9 Å². The van der Waals surface area contributed by atoms with Crippen molar-refractivity contribution in [1.82, 2.24) is 14.3 Å². The van der Waals surface area contributed by atoms with Gasteiger partial charge in [0.25, 0.3) is 0 Å². The Morgan fingerprint density at radius 2 is 1.70 bits per heavy atom. The summed E-state index contributed by atoms with van der Waals surface area (Å²) in [4.78, 5) is 8.72. The molecular formula is C20H17N3O3S. The first kappa shape index (κ1) is 17.4. The average Bonchev–Trinajstić information content (AvgIpc) is 3.21. The summed E-state index contributed by atoms with van der Waals surface area (Å²) in [7, 11) is -3.83. The molecule has 0 unspecified atom stereocenters. The number of aromatic nitrogens is 2. The van der Waals surface area contributed by atoms with E-state index in [0.717, 1.165) is 5.39 Å². The van der Waals surface area contributed by atoms with Gasteiger partial charge in [-0.2, -0.15) is 4.31 Å². The van der Waals surface area contributed by atoms with Gasteiger partial charge in [-0.15, -0.1) is 0 Å². The van der Waals surface area contributed by atoms with Gasteiger partial charge in [0.2, 0.25) is 10.0 Å². The minimum absolute atomic E-state index is 0.106. The molecule has 7 heteroatoms. The molecule has 27 heavy (non-hydrogen) atoms. The van der Waals surface area contributed by atoms with E-state index in [0.29, 0.717) is 17.0 Å². The Labute approximate surface area is 157 Å². The fourth-order valence-corrected chi connectivity index (χ4v) is 4.44. The maximum absolute atomic E-state index is 13.5. The van der Waals surface area contributed by atoms with Crippen LogP contribution < -0.4 is 0 Å². The number of para-hydroxylation sites is 1. The Morgan fingerprint density at radius 1 is 0.852 bits per heavy atom. The first-order chi connectivity index (χ1) is 13.1. The van der Waals surface area contributed by atoms with E-state index in [1.165, 1.54) is 10.6 Å². The van der Waals surface area contributed by atoms with Gasteiger partial charge in [0.05, 0.1) is 30.6 Å². The molecule has 0 aliphatic heterocycles. The van der Waals surface area contributed by atoms with E-state index in [-0.39, 0.29) is 18.0 Å². The van der Waals surface area contributed by atoms with E-state index in [2.05, 4.69) is 9.97 Å². The summed E-state index contributed by atoms with van der Waals surface area (Å²) in [5.41, 5.74) is 1.10. The van der Waals surface area contributed by atoms with Gasteiger partial charge in [-0.3, -0.25) is 9.97 Å². The maximum Gasteiger partial charge on any atom is 0.246 e. The highest BCUT2D eigenvalue weighted by atomic mass is 32.2. The summed E-state index contributed by atoms with van der Waals surface area (Å²) in [5, 5.41) is 0.773. The quantitative estimate of drug-likeness (QED) is 0.511. The van der Waals surface area contributed by atoms with Crippen molar-refractivity contribution in [2.45, 2.75) is 18.0 Å². The zero-order chi connectivity index (χ0) is 18.7. The summed E-state index contributed by atoms with van der Waals surface area (Å²) in [6, 6.07) is 17.7. The van der Waals surface area contributed by atoms with Crippen LogP contribution in [0.25, 0.3) is 10.9 Å². The van der Waals surface area contributed by atoms with Crippen LogP contribution in [0.3, 0.4) is 0 Å². The molecule has 0 saturated carbocycles. The average molecular weight is 379 g/mol. The number of pyridine rings is 2. The maximum atomic E-state index is 13.5. The van der Waals surface area contributed by atoms with E-state index >= 15 is 0 Å². The number of furan rings is 1. The normalized spacial score (nSPS) is 11.9. The minimum atomic E-state index is -3.83. The summed E-state index contributed by atoms with van der Waals surface area (Å²) < 4.78 is 33.7. The third kappa shape index (κ3) is 3.60. The molecule has 4 aromatic rings. The van der Waals surface area contributed by atoms with E-state index in [4.69, 9.17) is 4.42 Å². The molecule has 0 bridgehead atoms. The predicted octanol–water partition coefficient (Wildman–Crippen LogP) is 3.61. The highest BCUT2D eigenvalue weighted by molar-refractivity contribution is 7.89. The first-order valence-corrected chi connectivity index (χ1v) is 9.85. The van der Waals surface area contributed by atoms with Crippen molar-refractivity contribution in [2.24, 2.45) is 0 Å². The van der Waals surface area contributed by atoms with Gasteiger partial charge >= 0.3 is 0 Å². The van der Waals surface area contributed by atoms with E-state index < -0.39 is 10.0 Å². The second kappa shape index (κ2) is 7.30. The Kier molecular flexibility index (Phi) is 4.70. The van der Waals surface area contributed by atoms with Crippen molar-refractivity contribution in [3.8, 4) is 0 Å². The SMILES string of the molecule is O=S(=O)(c1cccc2cccnc12)N(Cc1ccccn1)Cc1ccco1. The number of nitrogens with zero attached hydrogens (tertiary/aromatic N) is 3. The highest BCUT2D eigenvalue weighted by Gasteiger charge is 2.28. The predicted molar refractivity (Wildman–Crippen MR) is 101 cm³/mol. The monoisotopic (exact) mass is 379 g/mol. The summed E-state index contributed by atoms with van der Waals surface area (Å²) in [6.45, 7) is 0.238. The standard InChI is InChI=1S/C20H17N3O3S/c24-27(25,19-10-3-6-16-7-4-12-22-20(16)19)23(15-18-9-5-13-26-18)14-17-8-1-2-11-21-17/h1-13H,14-15H2. The topological polar surface area (TPSA) is 76.3 Å². The lowest BCUT2D eigenvalue weighted by atomic mass is 10.2. The van der Waals surface area contributed by atoms with Gasteiger partial charge in [0, 0.05) is 17.8 Å². The van der Waals surface area contributed by atoms with Gasteiger partial charge in [0.1, 0.15) is 10.7 Å². The van der Waals surface area contributed by atoms with E-state index in [1.807, 2.05) is 18.2 Å². The Balaban J connectivity index is 1.79. The lowest BCUT2D eigenvalue weighted by Crippen LogP contribution is -2.30. The molecule has 0 fully saturated rings. The van der Waals surface area contributed by atoms with Crippen LogP contribution in [0.15, 0.2) is 88.6 Å². The lowest BCUT2D eigenvalue weighted by Gasteiger charge is -2.21. The van der Waals surface area contributed by atoms with Crippen molar-refractivity contribution in [2.75, 3.05) is 0 Å². The van der Waals surface area contributed by atoms with Crippen molar-refractivity contribution < 1.29 is 12.8 Å². The Bertz CT molecular complexity index is 1140. The second-order valence-corrected chi connectivity index (χ2v) is 7.91. The number of fused-ring (bicyclic) bond motifs is 1. The number of benzene rings is 1. The Hall–Kier alpha value is -3.03. The second-order valence-electron chi connectivity index (χ2n) is 6.00. The van der Waals surface area contributed by atoms with Gasteiger partial charge < -0.3 is 4.42 Å². The summed E-state index contributed by atoms with van der Waals surface area (Å²) in [5.74, 6) is 0.558. The number of sulfonamides is 1. The molecule has 0 aliphatic rings. The molecule has 0 atom stereocenters. The molecule has 4 rings (SSSR count). The van der Waals surface area contributed by atoms with Crippen LogP contribution in [0.4, 0.5) is 0 Å². The molecule has 0 N–H and O–H groups in total. The van der Waals surface area contributed by atoms with E-state index in [9.17, 15) is 8.42 Å². The highest BCUT2D eigenvalue weighted by Crippen LogP contribution is 2.26. The summed E-state index contributed by atoms with van der Waals surface area (Å²) in [6.07, 6.45) is 4.77. The fourth-order valence-electron chi connectivity index (χ4n) is 2.90. The molecule has 0 radical (unpaired) electrons. The van der Waals surface area contributed by atoms with Crippen LogP contribution in [0.1, 0.15) is 11.5 Å². The van der Waals surface area contributed by atoms with Crippen LogP contribution in [-0.2, 0) is 23.1 Å². The number of hydrogen-bond donors (Lipinski definition) is 0. The molecule has 6 nitrogen and oxygen atoms in total. The Morgan fingerprint density at radius 3 is 2.48 bits per heavy atom. The van der Waals surface area contributed by atoms with Crippen LogP contribution in [-0.4, -0.2) is 22.7 Å². The molecule has 3 heterocycles. The minimum Gasteiger partial charge on any atom is -0.468 e. The molecule has 1 aromatic carbocycles. The molecule has 0 amide bonds. The van der Waals surface area contributed by atoms with Gasteiger partial charge in [0.15, 0.2) is 0 Å². The number of hydrogen-bond acceptors (Lipinski definition) is 5. The van der Waals surface area contributed by atoms with Gasteiger partial charge in [-0.25, -0.2) is 8.42 Å². The molecule has 0 saturated heterocycles. The summed E-state index contributed by atoms with van der Waals surface area (Å²) >= 11 is 0. The van der Waals surface area contributed by atoms with Crippen LogP contribution >= 0.6 is 0 Å². The van der Waals surface area contributed by atoms with Crippen LogP contribution in [0, 0.1) is 0 Å². The zero-order valence-corrected chi connectivity index (χ0v) is 15.2. The third-order valence-corrected chi connectivity index (χ3v) is 6.01. The molecular weight excluding hydrogens is 362 g/mol. The largest absolute Gasteiger partial charge is 0.468 e. The first-order valence-electron chi connectivity index (χ1n) is 8.41. The van der Waals surface area contributed by atoms with Crippen molar-refractivity contribution in [3.05, 3.63) is 90.8 Å². The van der Waals surface area contributed by atoms with Crippen LogP contribution in [0.5, 0.6) is 0 Å². The van der Waals surface area contributed by atoms with Crippen molar-refractivity contribution in [1.29, 1.82) is 0 Å². The van der Waals surface area contributed by atoms with Gasteiger partial charge in [-0.1, -0.05) is 24.3 Å². The molecule has 0 spiro atoms. The zero-order valence-electron chi connectivity index (χ0n) is 14.4. The molecule has 136 valence electrons. The molecule has 0 aliphatic carbocycles. The van der Waals surface area contributed by atoms with Crippen LogP contribution in [0.2, 0.25) is 0 Å². The van der Waals surface area contributed by atoms with Crippen molar-refractivity contribution >= 4 is 20.9 Å².